The maximum atomic E-state index is 9.13. The van der Waals surface area contributed by atoms with Crippen molar-refractivity contribution in [3.63, 3.8) is 0 Å². The molecule has 0 unspecified atom stereocenters. The van der Waals surface area contributed by atoms with Crippen molar-refractivity contribution in [2.24, 2.45) is 0 Å². The lowest BCUT2D eigenvalue weighted by Gasteiger charge is -2.05. The Morgan fingerprint density at radius 1 is 1.21 bits per heavy atom. The molecule has 0 aliphatic heterocycles. The van der Waals surface area contributed by atoms with E-state index < -0.39 is 0 Å². The summed E-state index contributed by atoms with van der Waals surface area (Å²) in [4.78, 5) is 0. The lowest BCUT2D eigenvalue weighted by Crippen LogP contribution is -2.01. The number of aliphatic hydroxyl groups is 1. The number of methoxy groups -OCH3 is 1. The highest BCUT2D eigenvalue weighted by molar-refractivity contribution is 5.22. The molecule has 0 saturated heterocycles. The number of rotatable bonds is 5. The van der Waals surface area contributed by atoms with Crippen LogP contribution in [0.2, 0.25) is 0 Å². The average Bonchev–Trinajstić information content (AvgIpc) is 2.17. The van der Waals surface area contributed by atoms with Crippen LogP contribution < -0.4 is 0 Å². The zero-order valence-corrected chi connectivity index (χ0v) is 8.86. The number of aliphatic hydroxyl groups excluding tert-OH is 1. The van der Waals surface area contributed by atoms with Gasteiger partial charge in [0.1, 0.15) is 0 Å². The first kappa shape index (κ1) is 11.2. The molecule has 0 aliphatic carbocycles. The van der Waals surface area contributed by atoms with Crippen molar-refractivity contribution in [2.45, 2.75) is 32.5 Å². The zero-order valence-electron chi connectivity index (χ0n) is 8.86. The molecule has 2 heteroatoms. The minimum absolute atomic E-state index is 0.214. The van der Waals surface area contributed by atoms with E-state index in [-0.39, 0.29) is 6.10 Å². The van der Waals surface area contributed by atoms with E-state index in [0.717, 1.165) is 12.8 Å². The fraction of sp³-hybridized carbons (Fsp3) is 0.500. The first-order chi connectivity index (χ1) is 6.72. The van der Waals surface area contributed by atoms with Crippen molar-refractivity contribution in [1.29, 1.82) is 0 Å². The lowest BCUT2D eigenvalue weighted by atomic mass is 10.1. The fourth-order valence-corrected chi connectivity index (χ4v) is 1.34. The summed E-state index contributed by atoms with van der Waals surface area (Å²) in [5.74, 6) is 0. The first-order valence-electron chi connectivity index (χ1n) is 4.97. The van der Waals surface area contributed by atoms with Gasteiger partial charge in [0.05, 0.1) is 12.7 Å². The van der Waals surface area contributed by atoms with Crippen molar-refractivity contribution in [3.8, 4) is 0 Å². The van der Waals surface area contributed by atoms with Gasteiger partial charge in [-0.3, -0.25) is 0 Å². The maximum absolute atomic E-state index is 9.13. The van der Waals surface area contributed by atoms with E-state index in [1.165, 1.54) is 11.1 Å². The van der Waals surface area contributed by atoms with Crippen LogP contribution in [0.3, 0.4) is 0 Å². The average molecular weight is 194 g/mol. The van der Waals surface area contributed by atoms with Gasteiger partial charge in [0.2, 0.25) is 0 Å². The van der Waals surface area contributed by atoms with Crippen LogP contribution in [-0.4, -0.2) is 18.3 Å². The molecule has 0 heterocycles. The van der Waals surface area contributed by atoms with Gasteiger partial charge >= 0.3 is 0 Å². The molecule has 1 rings (SSSR count). The zero-order chi connectivity index (χ0) is 10.4. The molecule has 0 aromatic heterocycles. The van der Waals surface area contributed by atoms with E-state index in [2.05, 4.69) is 24.3 Å². The first-order valence-corrected chi connectivity index (χ1v) is 4.97. The predicted octanol–water partition coefficient (Wildman–Crippen LogP) is 2.15. The highest BCUT2D eigenvalue weighted by Gasteiger charge is 1.98. The quantitative estimate of drug-likeness (QED) is 0.778. The molecule has 1 N–H and O–H groups in total. The van der Waals surface area contributed by atoms with Crippen LogP contribution in [0.4, 0.5) is 0 Å². The molecule has 1 aromatic rings. The monoisotopic (exact) mass is 194 g/mol. The minimum Gasteiger partial charge on any atom is -0.393 e. The summed E-state index contributed by atoms with van der Waals surface area (Å²) in [5, 5.41) is 9.13. The molecule has 2 nitrogen and oxygen atoms in total. The van der Waals surface area contributed by atoms with Crippen LogP contribution in [0.1, 0.15) is 24.5 Å². The Bertz CT molecular complexity index is 252. The standard InChI is InChI=1S/C12H18O2/c1-10(13)3-4-11-5-7-12(8-6-11)9-14-2/h5-8,10,13H,3-4,9H2,1-2H3/t10-/m1/s1. The van der Waals surface area contributed by atoms with Crippen LogP contribution >= 0.6 is 0 Å². The predicted molar refractivity (Wildman–Crippen MR) is 57.2 cm³/mol. The minimum atomic E-state index is -0.214. The van der Waals surface area contributed by atoms with E-state index in [9.17, 15) is 0 Å². The van der Waals surface area contributed by atoms with Gasteiger partial charge in [-0.15, -0.1) is 0 Å². The third kappa shape index (κ3) is 3.90. The van der Waals surface area contributed by atoms with Crippen LogP contribution in [-0.2, 0) is 17.8 Å². The van der Waals surface area contributed by atoms with Gasteiger partial charge in [0.15, 0.2) is 0 Å². The third-order valence-electron chi connectivity index (χ3n) is 2.18. The molecule has 1 atom stereocenters. The maximum Gasteiger partial charge on any atom is 0.0713 e. The fourth-order valence-electron chi connectivity index (χ4n) is 1.34. The second kappa shape index (κ2) is 5.78. The third-order valence-corrected chi connectivity index (χ3v) is 2.18. The summed E-state index contributed by atoms with van der Waals surface area (Å²) in [6.07, 6.45) is 1.54. The van der Waals surface area contributed by atoms with E-state index in [0.29, 0.717) is 6.61 Å². The summed E-state index contributed by atoms with van der Waals surface area (Å²) in [6, 6.07) is 8.33. The Hall–Kier alpha value is -0.860. The molecular weight excluding hydrogens is 176 g/mol. The van der Waals surface area contributed by atoms with Gasteiger partial charge in [-0.05, 0) is 30.9 Å². The van der Waals surface area contributed by atoms with Crippen molar-refractivity contribution in [1.82, 2.24) is 0 Å². The summed E-state index contributed by atoms with van der Waals surface area (Å²) < 4.78 is 5.03. The van der Waals surface area contributed by atoms with Crippen molar-refractivity contribution < 1.29 is 9.84 Å². The normalized spacial score (nSPS) is 12.8. The van der Waals surface area contributed by atoms with Crippen LogP contribution in [0.15, 0.2) is 24.3 Å². The summed E-state index contributed by atoms with van der Waals surface area (Å²) in [6.45, 7) is 2.48. The summed E-state index contributed by atoms with van der Waals surface area (Å²) >= 11 is 0. The number of benzene rings is 1. The number of aryl methyl sites for hydroxylation is 1. The Morgan fingerprint density at radius 3 is 2.29 bits per heavy atom. The highest BCUT2D eigenvalue weighted by atomic mass is 16.5. The molecular formula is C12H18O2. The number of hydrogen-bond acceptors (Lipinski definition) is 2. The Balaban J connectivity index is 2.46. The second-order valence-electron chi connectivity index (χ2n) is 3.64. The molecule has 0 fully saturated rings. The van der Waals surface area contributed by atoms with Gasteiger partial charge in [-0.1, -0.05) is 24.3 Å². The lowest BCUT2D eigenvalue weighted by molar-refractivity contribution is 0.184. The molecule has 1 aromatic carbocycles. The molecule has 78 valence electrons. The van der Waals surface area contributed by atoms with E-state index in [1.807, 2.05) is 6.92 Å². The molecule has 0 amide bonds. The molecule has 0 aliphatic rings. The molecule has 0 bridgehead atoms. The van der Waals surface area contributed by atoms with Crippen molar-refractivity contribution in [3.05, 3.63) is 35.4 Å². The SMILES string of the molecule is COCc1ccc(CC[C@@H](C)O)cc1. The van der Waals surface area contributed by atoms with Crippen LogP contribution in [0, 0.1) is 0 Å². The smallest absolute Gasteiger partial charge is 0.0713 e. The summed E-state index contributed by atoms with van der Waals surface area (Å²) in [7, 11) is 1.70. The summed E-state index contributed by atoms with van der Waals surface area (Å²) in [5.41, 5.74) is 2.46. The molecule has 0 spiro atoms. The number of hydrogen-bond donors (Lipinski definition) is 1. The Morgan fingerprint density at radius 2 is 1.79 bits per heavy atom. The van der Waals surface area contributed by atoms with E-state index >= 15 is 0 Å². The molecule has 14 heavy (non-hydrogen) atoms. The van der Waals surface area contributed by atoms with Gasteiger partial charge in [0.25, 0.3) is 0 Å². The largest absolute Gasteiger partial charge is 0.393 e. The topological polar surface area (TPSA) is 29.5 Å². The molecule has 0 radical (unpaired) electrons. The van der Waals surface area contributed by atoms with Gasteiger partial charge < -0.3 is 9.84 Å². The Labute approximate surface area is 85.5 Å². The van der Waals surface area contributed by atoms with Gasteiger partial charge in [0, 0.05) is 7.11 Å². The van der Waals surface area contributed by atoms with E-state index in [4.69, 9.17) is 9.84 Å². The van der Waals surface area contributed by atoms with Crippen LogP contribution in [0.25, 0.3) is 0 Å². The van der Waals surface area contributed by atoms with Crippen LogP contribution in [0.5, 0.6) is 0 Å². The van der Waals surface area contributed by atoms with Crippen molar-refractivity contribution >= 4 is 0 Å². The highest BCUT2D eigenvalue weighted by Crippen LogP contribution is 2.08. The molecule has 0 saturated carbocycles. The van der Waals surface area contributed by atoms with Gasteiger partial charge in [-0.2, -0.15) is 0 Å². The van der Waals surface area contributed by atoms with Gasteiger partial charge in [-0.25, -0.2) is 0 Å². The second-order valence-corrected chi connectivity index (χ2v) is 3.64. The Kier molecular flexibility index (Phi) is 4.63. The number of ether oxygens (including phenoxy) is 1. The van der Waals surface area contributed by atoms with E-state index in [1.54, 1.807) is 7.11 Å². The van der Waals surface area contributed by atoms with Crippen molar-refractivity contribution in [2.75, 3.05) is 7.11 Å².